The van der Waals surface area contributed by atoms with Crippen molar-refractivity contribution in [2.24, 2.45) is 0 Å². The van der Waals surface area contributed by atoms with Crippen LogP contribution in [0.3, 0.4) is 0 Å². The zero-order valence-corrected chi connectivity index (χ0v) is 7.26. The van der Waals surface area contributed by atoms with E-state index in [0.717, 1.165) is 5.56 Å². The summed E-state index contributed by atoms with van der Waals surface area (Å²) >= 11 is 0. The SMILES string of the molecule is OC1(Cc2ccc(F)cc2)CNC1. The van der Waals surface area contributed by atoms with Crippen molar-refractivity contribution < 1.29 is 9.50 Å². The van der Waals surface area contributed by atoms with Crippen molar-refractivity contribution >= 4 is 0 Å². The number of aliphatic hydroxyl groups is 1. The molecule has 1 aliphatic heterocycles. The molecule has 70 valence electrons. The van der Waals surface area contributed by atoms with E-state index in [2.05, 4.69) is 5.32 Å². The van der Waals surface area contributed by atoms with Gasteiger partial charge in [-0.3, -0.25) is 0 Å². The molecule has 0 unspecified atom stereocenters. The second-order valence-electron chi connectivity index (χ2n) is 3.63. The van der Waals surface area contributed by atoms with Gasteiger partial charge in [-0.25, -0.2) is 4.39 Å². The van der Waals surface area contributed by atoms with Crippen molar-refractivity contribution in [2.75, 3.05) is 13.1 Å². The Balaban J connectivity index is 2.05. The fraction of sp³-hybridized carbons (Fsp3) is 0.400. The molecule has 0 bridgehead atoms. The molecule has 13 heavy (non-hydrogen) atoms. The summed E-state index contributed by atoms with van der Waals surface area (Å²) in [5.74, 6) is -0.234. The van der Waals surface area contributed by atoms with Crippen LogP contribution in [0.4, 0.5) is 4.39 Å². The number of halogens is 1. The maximum atomic E-state index is 12.5. The molecule has 0 aliphatic carbocycles. The fourth-order valence-electron chi connectivity index (χ4n) is 1.52. The molecule has 2 nitrogen and oxygen atoms in total. The molecule has 1 saturated heterocycles. The number of benzene rings is 1. The van der Waals surface area contributed by atoms with Crippen LogP contribution in [-0.4, -0.2) is 23.8 Å². The molecule has 0 saturated carbocycles. The Morgan fingerprint density at radius 2 is 1.92 bits per heavy atom. The first kappa shape index (κ1) is 8.66. The molecular formula is C10H12FNO. The number of nitrogens with one attached hydrogen (secondary N) is 1. The lowest BCUT2D eigenvalue weighted by Gasteiger charge is -2.37. The average molecular weight is 181 g/mol. The van der Waals surface area contributed by atoms with Crippen LogP contribution in [0.2, 0.25) is 0 Å². The van der Waals surface area contributed by atoms with Gasteiger partial charge in [0.05, 0.1) is 5.60 Å². The van der Waals surface area contributed by atoms with Gasteiger partial charge in [0.2, 0.25) is 0 Å². The van der Waals surface area contributed by atoms with Crippen molar-refractivity contribution in [1.29, 1.82) is 0 Å². The molecule has 2 N–H and O–H groups in total. The van der Waals surface area contributed by atoms with Gasteiger partial charge >= 0.3 is 0 Å². The third-order valence-corrected chi connectivity index (χ3v) is 2.35. The molecule has 0 amide bonds. The van der Waals surface area contributed by atoms with Crippen molar-refractivity contribution in [1.82, 2.24) is 5.32 Å². The third kappa shape index (κ3) is 1.87. The molecule has 2 rings (SSSR count). The average Bonchev–Trinajstić information content (AvgIpc) is 2.06. The monoisotopic (exact) mass is 181 g/mol. The second-order valence-corrected chi connectivity index (χ2v) is 3.63. The third-order valence-electron chi connectivity index (χ3n) is 2.35. The molecule has 1 aliphatic rings. The van der Waals surface area contributed by atoms with Crippen LogP contribution in [0.15, 0.2) is 24.3 Å². The van der Waals surface area contributed by atoms with Gasteiger partial charge in [-0.15, -0.1) is 0 Å². The first-order chi connectivity index (χ1) is 6.18. The Bertz CT molecular complexity index is 292. The summed E-state index contributed by atoms with van der Waals surface area (Å²) in [6.07, 6.45) is 0.597. The Kier molecular flexibility index (Phi) is 2.06. The van der Waals surface area contributed by atoms with Gasteiger partial charge in [0.1, 0.15) is 5.82 Å². The van der Waals surface area contributed by atoms with E-state index in [1.54, 1.807) is 12.1 Å². The van der Waals surface area contributed by atoms with Crippen LogP contribution in [0.5, 0.6) is 0 Å². The van der Waals surface area contributed by atoms with Gasteiger partial charge in [0, 0.05) is 19.5 Å². The van der Waals surface area contributed by atoms with Crippen LogP contribution >= 0.6 is 0 Å². The maximum absolute atomic E-state index is 12.5. The summed E-state index contributed by atoms with van der Waals surface area (Å²) in [5, 5.41) is 12.8. The number of hydrogen-bond acceptors (Lipinski definition) is 2. The summed E-state index contributed by atoms with van der Waals surface area (Å²) < 4.78 is 12.5. The molecule has 1 heterocycles. The highest BCUT2D eigenvalue weighted by Crippen LogP contribution is 2.17. The van der Waals surface area contributed by atoms with Crippen LogP contribution in [-0.2, 0) is 6.42 Å². The molecule has 1 aromatic carbocycles. The van der Waals surface area contributed by atoms with Crippen LogP contribution in [0.25, 0.3) is 0 Å². The quantitative estimate of drug-likeness (QED) is 0.704. The van der Waals surface area contributed by atoms with Gasteiger partial charge in [0.15, 0.2) is 0 Å². The van der Waals surface area contributed by atoms with Crippen molar-refractivity contribution in [3.8, 4) is 0 Å². The first-order valence-corrected chi connectivity index (χ1v) is 4.36. The number of rotatable bonds is 2. The standard InChI is InChI=1S/C10H12FNO/c11-9-3-1-8(2-4-9)5-10(13)6-12-7-10/h1-4,12-13H,5-7H2. The highest BCUT2D eigenvalue weighted by Gasteiger charge is 2.33. The van der Waals surface area contributed by atoms with Crippen molar-refractivity contribution in [3.05, 3.63) is 35.6 Å². The second kappa shape index (κ2) is 3.09. The van der Waals surface area contributed by atoms with Gasteiger partial charge in [-0.1, -0.05) is 12.1 Å². The van der Waals surface area contributed by atoms with Crippen molar-refractivity contribution in [2.45, 2.75) is 12.0 Å². The summed E-state index contributed by atoms with van der Waals surface area (Å²) in [6, 6.07) is 6.27. The van der Waals surface area contributed by atoms with E-state index in [4.69, 9.17) is 0 Å². The molecule has 0 aromatic heterocycles. The van der Waals surface area contributed by atoms with E-state index in [-0.39, 0.29) is 5.82 Å². The lowest BCUT2D eigenvalue weighted by molar-refractivity contribution is -0.00903. The van der Waals surface area contributed by atoms with Crippen LogP contribution in [0.1, 0.15) is 5.56 Å². The Morgan fingerprint density at radius 1 is 1.31 bits per heavy atom. The first-order valence-electron chi connectivity index (χ1n) is 4.36. The lowest BCUT2D eigenvalue weighted by atomic mass is 9.89. The zero-order chi connectivity index (χ0) is 9.31. The van der Waals surface area contributed by atoms with Crippen LogP contribution < -0.4 is 5.32 Å². The minimum atomic E-state index is -0.613. The summed E-state index contributed by atoms with van der Waals surface area (Å²) in [6.45, 7) is 1.26. The van der Waals surface area contributed by atoms with Gasteiger partial charge in [0.25, 0.3) is 0 Å². The number of β-amino-alcohol motifs (C(OH)–C–C–N with tert-alkyl or cyclic N) is 1. The van der Waals surface area contributed by atoms with Gasteiger partial charge in [-0.05, 0) is 17.7 Å². The zero-order valence-electron chi connectivity index (χ0n) is 7.26. The molecular weight excluding hydrogens is 169 g/mol. The molecule has 1 fully saturated rings. The molecule has 0 spiro atoms. The molecule has 1 aromatic rings. The van der Waals surface area contributed by atoms with E-state index in [9.17, 15) is 9.50 Å². The minimum Gasteiger partial charge on any atom is -0.387 e. The smallest absolute Gasteiger partial charge is 0.123 e. The maximum Gasteiger partial charge on any atom is 0.123 e. The number of hydrogen-bond donors (Lipinski definition) is 2. The van der Waals surface area contributed by atoms with E-state index < -0.39 is 5.60 Å². The van der Waals surface area contributed by atoms with Crippen LogP contribution in [0, 0.1) is 5.82 Å². The van der Waals surface area contributed by atoms with E-state index >= 15 is 0 Å². The highest BCUT2D eigenvalue weighted by molar-refractivity contribution is 5.19. The van der Waals surface area contributed by atoms with Gasteiger partial charge < -0.3 is 10.4 Å². The fourth-order valence-corrected chi connectivity index (χ4v) is 1.52. The molecule has 0 radical (unpaired) electrons. The Labute approximate surface area is 76.4 Å². The normalized spacial score (nSPS) is 19.5. The van der Waals surface area contributed by atoms with Gasteiger partial charge in [-0.2, -0.15) is 0 Å². The Hall–Kier alpha value is -0.930. The largest absolute Gasteiger partial charge is 0.387 e. The predicted octanol–water partition coefficient (Wildman–Crippen LogP) is 0.702. The van der Waals surface area contributed by atoms with E-state index in [0.29, 0.717) is 19.5 Å². The minimum absolute atomic E-state index is 0.234. The van der Waals surface area contributed by atoms with E-state index in [1.807, 2.05) is 0 Å². The van der Waals surface area contributed by atoms with E-state index in [1.165, 1.54) is 12.1 Å². The molecule has 3 heteroatoms. The van der Waals surface area contributed by atoms with Crippen molar-refractivity contribution in [3.63, 3.8) is 0 Å². The summed E-state index contributed by atoms with van der Waals surface area (Å²) in [7, 11) is 0. The predicted molar refractivity (Wildman–Crippen MR) is 47.9 cm³/mol. The topological polar surface area (TPSA) is 32.3 Å². The summed E-state index contributed by atoms with van der Waals surface area (Å²) in [5.41, 5.74) is 0.364. The highest BCUT2D eigenvalue weighted by atomic mass is 19.1. The summed E-state index contributed by atoms with van der Waals surface area (Å²) in [4.78, 5) is 0. The molecule has 0 atom stereocenters. The Morgan fingerprint density at radius 3 is 2.38 bits per heavy atom. The lowest BCUT2D eigenvalue weighted by Crippen LogP contribution is -2.60.